The summed E-state index contributed by atoms with van der Waals surface area (Å²) < 4.78 is 36.8. The quantitative estimate of drug-likeness (QED) is 0.410. The smallest absolute Gasteiger partial charge is 0.297 e. The summed E-state index contributed by atoms with van der Waals surface area (Å²) in [4.78, 5) is 0.137. The SMILES string of the molecule is CC(C)(COS(=O)(=O)c1ccc(Br)cc1)c1ccc(Oc2ccccc2)cc1. The molecule has 0 bridgehead atoms. The van der Waals surface area contributed by atoms with Gasteiger partial charge in [-0.05, 0) is 54.1 Å². The summed E-state index contributed by atoms with van der Waals surface area (Å²) in [6, 6.07) is 23.5. The van der Waals surface area contributed by atoms with E-state index in [0.717, 1.165) is 15.8 Å². The van der Waals surface area contributed by atoms with Gasteiger partial charge in [0, 0.05) is 9.89 Å². The van der Waals surface area contributed by atoms with E-state index < -0.39 is 15.5 Å². The van der Waals surface area contributed by atoms with E-state index in [4.69, 9.17) is 8.92 Å². The molecule has 0 saturated carbocycles. The average Bonchev–Trinajstić information content (AvgIpc) is 2.68. The maximum Gasteiger partial charge on any atom is 0.297 e. The molecule has 0 aromatic heterocycles. The number of halogens is 1. The van der Waals surface area contributed by atoms with E-state index >= 15 is 0 Å². The summed E-state index contributed by atoms with van der Waals surface area (Å²) in [5.41, 5.74) is 0.465. The van der Waals surface area contributed by atoms with E-state index in [9.17, 15) is 8.42 Å². The van der Waals surface area contributed by atoms with Crippen molar-refractivity contribution in [2.75, 3.05) is 6.61 Å². The zero-order valence-corrected chi connectivity index (χ0v) is 18.0. The molecule has 0 saturated heterocycles. The van der Waals surface area contributed by atoms with Gasteiger partial charge in [0.05, 0.1) is 11.5 Å². The lowest BCUT2D eigenvalue weighted by Gasteiger charge is -2.25. The Balaban J connectivity index is 1.67. The Bertz CT molecular complexity index is 1010. The molecular weight excluding hydrogens is 440 g/mol. The highest BCUT2D eigenvalue weighted by atomic mass is 79.9. The van der Waals surface area contributed by atoms with Crippen molar-refractivity contribution < 1.29 is 17.3 Å². The summed E-state index contributed by atoms with van der Waals surface area (Å²) in [5.74, 6) is 1.48. The second-order valence-electron chi connectivity index (χ2n) is 6.99. The summed E-state index contributed by atoms with van der Waals surface area (Å²) in [6.07, 6.45) is 0. The molecule has 0 aliphatic rings. The number of hydrogen-bond donors (Lipinski definition) is 0. The number of rotatable bonds is 7. The zero-order chi connectivity index (χ0) is 20.2. The van der Waals surface area contributed by atoms with Crippen LogP contribution in [0.2, 0.25) is 0 Å². The second-order valence-corrected chi connectivity index (χ2v) is 9.52. The van der Waals surface area contributed by atoms with E-state index in [1.54, 1.807) is 12.1 Å². The molecule has 28 heavy (non-hydrogen) atoms. The molecule has 0 heterocycles. The van der Waals surface area contributed by atoms with Crippen LogP contribution in [0.4, 0.5) is 0 Å². The summed E-state index contributed by atoms with van der Waals surface area (Å²) in [6.45, 7) is 3.92. The first-order valence-corrected chi connectivity index (χ1v) is 10.9. The molecule has 0 aliphatic carbocycles. The van der Waals surface area contributed by atoms with Crippen molar-refractivity contribution in [3.05, 3.63) is 88.9 Å². The molecular formula is C22H21BrO4S. The number of ether oxygens (including phenoxy) is 1. The van der Waals surface area contributed by atoms with Gasteiger partial charge in [-0.25, -0.2) is 0 Å². The standard InChI is InChI=1S/C22H21BrO4S/c1-22(2,16-26-28(24,25)21-14-10-18(23)11-15-21)17-8-12-20(13-9-17)27-19-6-4-3-5-7-19/h3-15H,16H2,1-2H3. The Morgan fingerprint density at radius 3 is 2.00 bits per heavy atom. The monoisotopic (exact) mass is 460 g/mol. The minimum Gasteiger partial charge on any atom is -0.457 e. The number of para-hydroxylation sites is 1. The average molecular weight is 461 g/mol. The number of benzene rings is 3. The highest BCUT2D eigenvalue weighted by Crippen LogP contribution is 2.29. The van der Waals surface area contributed by atoms with Gasteiger partial charge in [-0.3, -0.25) is 4.18 Å². The van der Waals surface area contributed by atoms with Gasteiger partial charge in [0.15, 0.2) is 0 Å². The van der Waals surface area contributed by atoms with Gasteiger partial charge in [0.1, 0.15) is 11.5 Å². The predicted octanol–water partition coefficient (Wildman–Crippen LogP) is 5.92. The van der Waals surface area contributed by atoms with E-state index in [1.165, 1.54) is 12.1 Å². The molecule has 0 radical (unpaired) electrons. The summed E-state index contributed by atoms with van der Waals surface area (Å²) in [7, 11) is -3.81. The van der Waals surface area contributed by atoms with E-state index in [-0.39, 0.29) is 11.5 Å². The minimum atomic E-state index is -3.81. The van der Waals surface area contributed by atoms with Crippen LogP contribution >= 0.6 is 15.9 Å². The van der Waals surface area contributed by atoms with Gasteiger partial charge in [-0.15, -0.1) is 0 Å². The minimum absolute atomic E-state index is 0.0320. The lowest BCUT2D eigenvalue weighted by molar-refractivity contribution is 0.245. The highest BCUT2D eigenvalue weighted by molar-refractivity contribution is 9.10. The van der Waals surface area contributed by atoms with Crippen molar-refractivity contribution in [2.24, 2.45) is 0 Å². The molecule has 0 amide bonds. The second kappa shape index (κ2) is 8.47. The molecule has 6 heteroatoms. The first-order chi connectivity index (χ1) is 13.3. The van der Waals surface area contributed by atoms with Crippen LogP contribution in [0, 0.1) is 0 Å². The molecule has 0 spiro atoms. The fourth-order valence-corrected chi connectivity index (χ4v) is 3.90. The lowest BCUT2D eigenvalue weighted by atomic mass is 9.86. The van der Waals surface area contributed by atoms with Crippen molar-refractivity contribution in [2.45, 2.75) is 24.2 Å². The van der Waals surface area contributed by atoms with Crippen molar-refractivity contribution in [1.82, 2.24) is 0 Å². The van der Waals surface area contributed by atoms with Gasteiger partial charge in [0.2, 0.25) is 0 Å². The van der Waals surface area contributed by atoms with E-state index in [1.807, 2.05) is 68.4 Å². The van der Waals surface area contributed by atoms with Crippen molar-refractivity contribution >= 4 is 26.0 Å². The van der Waals surface area contributed by atoms with Gasteiger partial charge < -0.3 is 4.74 Å². The molecule has 0 unspecified atom stereocenters. The Morgan fingerprint density at radius 1 is 0.821 bits per heavy atom. The van der Waals surface area contributed by atoms with Crippen LogP contribution in [-0.4, -0.2) is 15.0 Å². The van der Waals surface area contributed by atoms with Crippen LogP contribution in [0.5, 0.6) is 11.5 Å². The van der Waals surface area contributed by atoms with Crippen LogP contribution in [0.1, 0.15) is 19.4 Å². The maximum absolute atomic E-state index is 12.4. The predicted molar refractivity (Wildman–Crippen MR) is 113 cm³/mol. The Hall–Kier alpha value is -2.15. The van der Waals surface area contributed by atoms with E-state index in [0.29, 0.717) is 5.75 Å². The lowest BCUT2D eigenvalue weighted by Crippen LogP contribution is -2.26. The third-order valence-electron chi connectivity index (χ3n) is 4.29. The van der Waals surface area contributed by atoms with Gasteiger partial charge in [-0.2, -0.15) is 8.42 Å². The molecule has 146 valence electrons. The highest BCUT2D eigenvalue weighted by Gasteiger charge is 2.25. The third-order valence-corrected chi connectivity index (χ3v) is 6.10. The van der Waals surface area contributed by atoms with Crippen molar-refractivity contribution in [3.63, 3.8) is 0 Å². The first kappa shape index (κ1) is 20.6. The fourth-order valence-electron chi connectivity index (χ4n) is 2.58. The molecule has 4 nitrogen and oxygen atoms in total. The molecule has 0 fully saturated rings. The van der Waals surface area contributed by atoms with Crippen LogP contribution < -0.4 is 4.74 Å². The Morgan fingerprint density at radius 2 is 1.39 bits per heavy atom. The van der Waals surface area contributed by atoms with Gasteiger partial charge in [-0.1, -0.05) is 60.1 Å². The maximum atomic E-state index is 12.4. The van der Waals surface area contributed by atoms with Gasteiger partial charge >= 0.3 is 0 Å². The third kappa shape index (κ3) is 5.22. The van der Waals surface area contributed by atoms with Crippen LogP contribution in [0.3, 0.4) is 0 Å². The van der Waals surface area contributed by atoms with Crippen molar-refractivity contribution in [1.29, 1.82) is 0 Å². The largest absolute Gasteiger partial charge is 0.457 e. The molecule has 0 atom stereocenters. The summed E-state index contributed by atoms with van der Waals surface area (Å²) in [5, 5.41) is 0. The van der Waals surface area contributed by atoms with Crippen LogP contribution in [0.25, 0.3) is 0 Å². The summed E-state index contributed by atoms with van der Waals surface area (Å²) >= 11 is 3.29. The zero-order valence-electron chi connectivity index (χ0n) is 15.6. The molecule has 3 aromatic carbocycles. The Kier molecular flexibility index (Phi) is 6.23. The molecule has 0 aliphatic heterocycles. The molecule has 0 N–H and O–H groups in total. The number of hydrogen-bond acceptors (Lipinski definition) is 4. The topological polar surface area (TPSA) is 52.6 Å². The first-order valence-electron chi connectivity index (χ1n) is 8.75. The fraction of sp³-hybridized carbons (Fsp3) is 0.182. The Labute approximate surface area is 174 Å². The van der Waals surface area contributed by atoms with Crippen LogP contribution in [-0.2, 0) is 19.7 Å². The molecule has 3 aromatic rings. The van der Waals surface area contributed by atoms with Gasteiger partial charge in [0.25, 0.3) is 10.1 Å². The molecule has 3 rings (SSSR count). The van der Waals surface area contributed by atoms with E-state index in [2.05, 4.69) is 15.9 Å². The van der Waals surface area contributed by atoms with Crippen molar-refractivity contribution in [3.8, 4) is 11.5 Å². The normalized spacial score (nSPS) is 12.0. The van der Waals surface area contributed by atoms with Crippen LogP contribution in [0.15, 0.2) is 88.2 Å².